The van der Waals surface area contributed by atoms with Crippen molar-refractivity contribution in [1.82, 2.24) is 29.6 Å². The van der Waals surface area contributed by atoms with E-state index in [4.69, 9.17) is 10.5 Å². The monoisotopic (exact) mass is 501 g/mol. The molecule has 37 heavy (non-hydrogen) atoms. The smallest absolute Gasteiger partial charge is 0.246 e. The third kappa shape index (κ3) is 4.51. The summed E-state index contributed by atoms with van der Waals surface area (Å²) in [6.45, 7) is 6.27. The zero-order chi connectivity index (χ0) is 26.1. The average molecular weight is 502 g/mol. The lowest BCUT2D eigenvalue weighted by molar-refractivity contribution is -0.125. The number of carbonyl (C=O) groups excluding carboxylic acids is 2. The molecular weight excluding hydrogens is 477 g/mol. The maximum Gasteiger partial charge on any atom is 0.246 e. The summed E-state index contributed by atoms with van der Waals surface area (Å²) in [7, 11) is 0. The lowest BCUT2D eigenvalue weighted by Crippen LogP contribution is -2.27. The summed E-state index contributed by atoms with van der Waals surface area (Å²) in [6, 6.07) is 7.34. The number of benzene rings is 1. The zero-order valence-electron chi connectivity index (χ0n) is 20.1. The molecule has 0 bridgehead atoms. The number of halogens is 1. The number of ether oxygens (including phenoxy) is 1. The molecule has 0 unspecified atom stereocenters. The summed E-state index contributed by atoms with van der Waals surface area (Å²) in [5, 5.41) is 5.11. The van der Waals surface area contributed by atoms with E-state index in [-0.39, 0.29) is 40.6 Å². The molecule has 188 valence electrons. The highest BCUT2D eigenvalue weighted by Gasteiger charge is 2.30. The van der Waals surface area contributed by atoms with Gasteiger partial charge in [-0.25, -0.2) is 19.0 Å². The van der Waals surface area contributed by atoms with Crippen LogP contribution in [0.25, 0.3) is 22.3 Å². The van der Waals surface area contributed by atoms with Crippen LogP contribution in [0.2, 0.25) is 0 Å². The molecule has 0 spiro atoms. The van der Waals surface area contributed by atoms with Gasteiger partial charge >= 0.3 is 0 Å². The second-order valence-electron chi connectivity index (χ2n) is 8.58. The lowest BCUT2D eigenvalue weighted by Gasteiger charge is -2.14. The molecule has 1 amide bonds. The van der Waals surface area contributed by atoms with E-state index in [1.165, 1.54) is 30.7 Å². The van der Waals surface area contributed by atoms with Crippen LogP contribution < -0.4 is 10.5 Å². The van der Waals surface area contributed by atoms with Crippen LogP contribution in [0.4, 0.5) is 10.2 Å². The predicted octanol–water partition coefficient (Wildman–Crippen LogP) is 3.95. The molecule has 1 aliphatic rings. The van der Waals surface area contributed by atoms with Crippen LogP contribution in [0.15, 0.2) is 55.5 Å². The fourth-order valence-corrected chi connectivity index (χ4v) is 4.40. The molecule has 1 fully saturated rings. The maximum absolute atomic E-state index is 15.4. The highest BCUT2D eigenvalue weighted by atomic mass is 19.1. The third-order valence-electron chi connectivity index (χ3n) is 6.28. The van der Waals surface area contributed by atoms with Gasteiger partial charge in [-0.1, -0.05) is 13.5 Å². The van der Waals surface area contributed by atoms with Gasteiger partial charge in [0.1, 0.15) is 40.8 Å². The standard InChI is InChI=1S/C26H24FN7O3/c1-3-21(35)20-12-17(7-9-29-20)37-16-5-6-18(19(27)11-16)24-23-25(28)30-14-31-26(23)34(32-24)15-8-10-33(13-15)22(36)4-2/h4-7,9,11-12,14-15H,2-3,8,10,13H2,1H3,(H2,28,30,31)/t15-/m1/s1. The number of carbonyl (C=O) groups is 2. The van der Waals surface area contributed by atoms with Gasteiger partial charge in [-0.05, 0) is 30.7 Å². The summed E-state index contributed by atoms with van der Waals surface area (Å²) in [4.78, 5) is 38.2. The van der Waals surface area contributed by atoms with E-state index in [2.05, 4.69) is 26.6 Å². The Bertz CT molecular complexity index is 1530. The molecule has 2 N–H and O–H groups in total. The van der Waals surface area contributed by atoms with Crippen molar-refractivity contribution in [2.45, 2.75) is 25.8 Å². The molecule has 1 aromatic carbocycles. The van der Waals surface area contributed by atoms with Gasteiger partial charge in [-0.2, -0.15) is 5.10 Å². The normalized spacial score (nSPS) is 15.2. The van der Waals surface area contributed by atoms with Gasteiger partial charge in [0, 0.05) is 43.4 Å². The molecule has 0 saturated carbocycles. The van der Waals surface area contributed by atoms with Crippen LogP contribution in [0, 0.1) is 5.82 Å². The number of Topliss-reactive ketones (excluding diaryl/α,β-unsaturated/α-hetero) is 1. The van der Waals surface area contributed by atoms with Crippen molar-refractivity contribution in [1.29, 1.82) is 0 Å². The molecule has 0 radical (unpaired) electrons. The molecular formula is C26H24FN7O3. The minimum Gasteiger partial charge on any atom is -0.457 e. The van der Waals surface area contributed by atoms with Crippen molar-refractivity contribution in [2.24, 2.45) is 0 Å². The van der Waals surface area contributed by atoms with E-state index in [1.807, 2.05) is 0 Å². The van der Waals surface area contributed by atoms with Crippen LogP contribution in [-0.2, 0) is 4.79 Å². The first-order chi connectivity index (χ1) is 17.9. The van der Waals surface area contributed by atoms with E-state index in [9.17, 15) is 9.59 Å². The summed E-state index contributed by atoms with van der Waals surface area (Å²) < 4.78 is 22.9. The number of nitrogens with two attached hydrogens (primary N) is 1. The molecule has 4 aromatic rings. The Kier molecular flexibility index (Phi) is 6.34. The number of pyridine rings is 1. The van der Waals surface area contributed by atoms with Crippen molar-refractivity contribution in [3.05, 3.63) is 67.0 Å². The first-order valence-corrected chi connectivity index (χ1v) is 11.8. The minimum atomic E-state index is -0.582. The molecule has 11 heteroatoms. The van der Waals surface area contributed by atoms with Crippen LogP contribution in [0.3, 0.4) is 0 Å². The van der Waals surface area contributed by atoms with Crippen molar-refractivity contribution < 1.29 is 18.7 Å². The largest absolute Gasteiger partial charge is 0.457 e. The number of amides is 1. The highest BCUT2D eigenvalue weighted by molar-refractivity contribution is 5.98. The molecule has 3 aromatic heterocycles. The Morgan fingerprint density at radius 2 is 2.03 bits per heavy atom. The Morgan fingerprint density at radius 1 is 1.22 bits per heavy atom. The zero-order valence-corrected chi connectivity index (χ0v) is 20.1. The second-order valence-corrected chi connectivity index (χ2v) is 8.58. The highest BCUT2D eigenvalue weighted by Crippen LogP contribution is 2.36. The summed E-state index contributed by atoms with van der Waals surface area (Å²) >= 11 is 0. The first-order valence-electron chi connectivity index (χ1n) is 11.8. The Morgan fingerprint density at radius 3 is 2.78 bits per heavy atom. The van der Waals surface area contributed by atoms with E-state index in [1.54, 1.807) is 34.7 Å². The van der Waals surface area contributed by atoms with Crippen molar-refractivity contribution in [3.8, 4) is 22.8 Å². The van der Waals surface area contributed by atoms with Gasteiger partial charge in [0.15, 0.2) is 11.4 Å². The van der Waals surface area contributed by atoms with Gasteiger partial charge in [0.25, 0.3) is 0 Å². The second kappa shape index (κ2) is 9.76. The number of hydrogen-bond acceptors (Lipinski definition) is 8. The number of nitrogens with zero attached hydrogens (tertiary/aromatic N) is 6. The summed E-state index contributed by atoms with van der Waals surface area (Å²) in [5.41, 5.74) is 7.41. The van der Waals surface area contributed by atoms with E-state index >= 15 is 4.39 Å². The number of fused-ring (bicyclic) bond motifs is 1. The maximum atomic E-state index is 15.4. The van der Waals surface area contributed by atoms with Crippen molar-refractivity contribution in [2.75, 3.05) is 18.8 Å². The number of rotatable bonds is 7. The quantitative estimate of drug-likeness (QED) is 0.298. The van der Waals surface area contributed by atoms with Gasteiger partial charge in [-0.3, -0.25) is 14.6 Å². The molecule has 10 nitrogen and oxygen atoms in total. The lowest BCUT2D eigenvalue weighted by atomic mass is 10.1. The SMILES string of the molecule is C=CC(=O)N1CC[C@@H](n2nc(-c3ccc(Oc4ccnc(C(=O)CC)c4)cc3F)c3c(N)ncnc32)C1. The number of hydrogen-bond donors (Lipinski definition) is 1. The number of nitrogen functional groups attached to an aromatic ring is 1. The van der Waals surface area contributed by atoms with Gasteiger partial charge in [-0.15, -0.1) is 0 Å². The topological polar surface area (TPSA) is 129 Å². The average Bonchev–Trinajstić information content (AvgIpc) is 3.54. The van der Waals surface area contributed by atoms with Crippen molar-refractivity contribution in [3.63, 3.8) is 0 Å². The Labute approximate surface area is 211 Å². The fraction of sp³-hybridized carbons (Fsp3) is 0.231. The molecule has 1 atom stereocenters. The van der Waals surface area contributed by atoms with Crippen LogP contribution in [0.5, 0.6) is 11.5 Å². The van der Waals surface area contributed by atoms with E-state index in [0.29, 0.717) is 48.4 Å². The molecule has 0 aliphatic carbocycles. The van der Waals surface area contributed by atoms with E-state index in [0.717, 1.165) is 0 Å². The number of ketones is 1. The molecule has 4 heterocycles. The van der Waals surface area contributed by atoms with Gasteiger partial charge < -0.3 is 15.4 Å². The van der Waals surface area contributed by atoms with Gasteiger partial charge in [0.2, 0.25) is 5.91 Å². The number of likely N-dealkylation sites (tertiary alicyclic amines) is 1. The fourth-order valence-electron chi connectivity index (χ4n) is 4.40. The number of anilines is 1. The minimum absolute atomic E-state index is 0.117. The summed E-state index contributed by atoms with van der Waals surface area (Å²) in [6.07, 6.45) is 5.06. The Hall–Kier alpha value is -4.67. The van der Waals surface area contributed by atoms with Crippen molar-refractivity contribution >= 4 is 28.5 Å². The van der Waals surface area contributed by atoms with Gasteiger partial charge in [0.05, 0.1) is 11.4 Å². The molecule has 5 rings (SSSR count). The first kappa shape index (κ1) is 24.0. The van der Waals surface area contributed by atoms with E-state index < -0.39 is 5.82 Å². The molecule has 1 aliphatic heterocycles. The Balaban J connectivity index is 1.49. The van der Waals surface area contributed by atoms with Crippen LogP contribution >= 0.6 is 0 Å². The predicted molar refractivity (Wildman–Crippen MR) is 134 cm³/mol. The summed E-state index contributed by atoms with van der Waals surface area (Å²) in [5.74, 6) is -0.0753. The van der Waals surface area contributed by atoms with Crippen LogP contribution in [-0.4, -0.2) is 54.4 Å². The number of aromatic nitrogens is 5. The molecule has 1 saturated heterocycles. The van der Waals surface area contributed by atoms with Crippen LogP contribution in [0.1, 0.15) is 36.3 Å². The third-order valence-corrected chi connectivity index (χ3v) is 6.28.